The number of nitrogens with zero attached hydrogens (tertiary/aromatic N) is 2. The lowest BCUT2D eigenvalue weighted by molar-refractivity contribution is 0.0933. The minimum atomic E-state index is -0.0692. The summed E-state index contributed by atoms with van der Waals surface area (Å²) in [4.78, 5) is 16.6. The molecule has 4 nitrogen and oxygen atoms in total. The van der Waals surface area contributed by atoms with Crippen LogP contribution in [0.4, 0.5) is 0 Å². The van der Waals surface area contributed by atoms with Gasteiger partial charge in [0.05, 0.1) is 11.0 Å². The van der Waals surface area contributed by atoms with E-state index in [1.54, 1.807) is 4.57 Å². The molecule has 0 bridgehead atoms. The number of para-hydroxylation sites is 2. The van der Waals surface area contributed by atoms with Gasteiger partial charge in [-0.3, -0.25) is 9.36 Å². The van der Waals surface area contributed by atoms with Crippen LogP contribution in [0.3, 0.4) is 0 Å². The van der Waals surface area contributed by atoms with E-state index in [-0.39, 0.29) is 12.5 Å². The Balaban J connectivity index is 1.72. The van der Waals surface area contributed by atoms with E-state index in [0.29, 0.717) is 5.82 Å². The highest BCUT2D eigenvalue weighted by atomic mass is 16.5. The predicted molar refractivity (Wildman–Crippen MR) is 94.3 cm³/mol. The number of aromatic nitrogens is 2. The van der Waals surface area contributed by atoms with Crippen LogP contribution in [0.1, 0.15) is 17.5 Å². The maximum atomic E-state index is 12.0. The lowest BCUT2D eigenvalue weighted by atomic mass is 10.1. The SMILES string of the molecule is CC(=O)n1c(COc2cccc3ccccc23)nc2ccccc21. The van der Waals surface area contributed by atoms with E-state index < -0.39 is 0 Å². The summed E-state index contributed by atoms with van der Waals surface area (Å²) in [5.41, 5.74) is 1.60. The molecule has 1 heterocycles. The van der Waals surface area contributed by atoms with Crippen LogP contribution in [-0.2, 0) is 6.61 Å². The van der Waals surface area contributed by atoms with E-state index in [0.717, 1.165) is 27.6 Å². The Kier molecular flexibility index (Phi) is 3.50. The van der Waals surface area contributed by atoms with Crippen LogP contribution in [0.15, 0.2) is 66.7 Å². The van der Waals surface area contributed by atoms with Crippen molar-refractivity contribution in [1.29, 1.82) is 0 Å². The number of hydrogen-bond donors (Lipinski definition) is 0. The summed E-state index contributed by atoms with van der Waals surface area (Å²) in [7, 11) is 0. The molecule has 0 radical (unpaired) electrons. The van der Waals surface area contributed by atoms with E-state index in [9.17, 15) is 4.79 Å². The molecule has 4 aromatic rings. The Morgan fingerprint density at radius 1 is 1.00 bits per heavy atom. The third-order valence-corrected chi connectivity index (χ3v) is 4.05. The van der Waals surface area contributed by atoms with Crippen LogP contribution in [0.25, 0.3) is 21.8 Å². The average molecular weight is 316 g/mol. The van der Waals surface area contributed by atoms with Gasteiger partial charge in [0, 0.05) is 12.3 Å². The van der Waals surface area contributed by atoms with E-state index in [1.165, 1.54) is 6.92 Å². The van der Waals surface area contributed by atoms with Gasteiger partial charge in [0.25, 0.3) is 0 Å². The molecule has 0 N–H and O–H groups in total. The summed E-state index contributed by atoms with van der Waals surface area (Å²) in [6.07, 6.45) is 0. The second-order valence-electron chi connectivity index (χ2n) is 5.64. The van der Waals surface area contributed by atoms with Crippen molar-refractivity contribution in [2.45, 2.75) is 13.5 Å². The van der Waals surface area contributed by atoms with Gasteiger partial charge in [0.1, 0.15) is 12.4 Å². The lowest BCUT2D eigenvalue weighted by Crippen LogP contribution is -2.12. The molecule has 4 heteroatoms. The van der Waals surface area contributed by atoms with Crippen molar-refractivity contribution in [3.05, 3.63) is 72.6 Å². The molecule has 0 aliphatic heterocycles. The Hall–Kier alpha value is -3.14. The summed E-state index contributed by atoms with van der Waals surface area (Å²) < 4.78 is 7.60. The quantitative estimate of drug-likeness (QED) is 0.561. The molecular weight excluding hydrogens is 300 g/mol. The first-order chi connectivity index (χ1) is 11.7. The fourth-order valence-corrected chi connectivity index (χ4v) is 2.99. The zero-order valence-electron chi connectivity index (χ0n) is 13.3. The zero-order chi connectivity index (χ0) is 16.5. The molecule has 0 amide bonds. The van der Waals surface area contributed by atoms with Crippen molar-refractivity contribution in [2.75, 3.05) is 0 Å². The first-order valence-corrected chi connectivity index (χ1v) is 7.82. The third-order valence-electron chi connectivity index (χ3n) is 4.05. The van der Waals surface area contributed by atoms with Crippen LogP contribution in [0, 0.1) is 0 Å². The lowest BCUT2D eigenvalue weighted by Gasteiger charge is -2.10. The van der Waals surface area contributed by atoms with E-state index in [1.807, 2.05) is 66.7 Å². The number of carbonyl (C=O) groups excluding carboxylic acids is 1. The highest BCUT2D eigenvalue weighted by Crippen LogP contribution is 2.26. The first kappa shape index (κ1) is 14.5. The predicted octanol–water partition coefficient (Wildman–Crippen LogP) is 4.43. The number of fused-ring (bicyclic) bond motifs is 2. The normalized spacial score (nSPS) is 11.0. The van der Waals surface area contributed by atoms with E-state index in [2.05, 4.69) is 4.98 Å². The van der Waals surface area contributed by atoms with Crippen LogP contribution < -0.4 is 4.74 Å². The molecule has 118 valence electrons. The maximum Gasteiger partial charge on any atom is 0.229 e. The van der Waals surface area contributed by atoms with Crippen molar-refractivity contribution in [1.82, 2.24) is 9.55 Å². The van der Waals surface area contributed by atoms with Crippen molar-refractivity contribution < 1.29 is 9.53 Å². The molecule has 0 saturated carbocycles. The highest BCUT2D eigenvalue weighted by Gasteiger charge is 2.14. The molecular formula is C20H16N2O2. The Labute approximate surface area is 139 Å². The van der Waals surface area contributed by atoms with Gasteiger partial charge < -0.3 is 4.74 Å². The number of hydrogen-bond acceptors (Lipinski definition) is 3. The summed E-state index contributed by atoms with van der Waals surface area (Å²) in [6, 6.07) is 21.6. The number of benzene rings is 3. The average Bonchev–Trinajstić information content (AvgIpc) is 2.98. The van der Waals surface area contributed by atoms with E-state index >= 15 is 0 Å². The van der Waals surface area contributed by atoms with Gasteiger partial charge >= 0.3 is 0 Å². The summed E-state index contributed by atoms with van der Waals surface area (Å²) in [5.74, 6) is 1.33. The molecule has 0 aliphatic rings. The molecule has 0 unspecified atom stereocenters. The maximum absolute atomic E-state index is 12.0. The highest BCUT2D eigenvalue weighted by molar-refractivity contribution is 5.90. The first-order valence-electron chi connectivity index (χ1n) is 7.82. The monoisotopic (exact) mass is 316 g/mol. The van der Waals surface area contributed by atoms with Crippen LogP contribution >= 0.6 is 0 Å². The number of rotatable bonds is 3. The fraction of sp³-hybridized carbons (Fsp3) is 0.100. The van der Waals surface area contributed by atoms with Gasteiger partial charge in [-0.05, 0) is 23.6 Å². The Bertz CT molecular complexity index is 1040. The van der Waals surface area contributed by atoms with Gasteiger partial charge in [0.2, 0.25) is 5.91 Å². The molecule has 0 spiro atoms. The standard InChI is InChI=1S/C20H16N2O2/c1-14(23)22-18-11-5-4-10-17(18)21-20(22)13-24-19-12-6-8-15-7-2-3-9-16(15)19/h2-12H,13H2,1H3. The third kappa shape index (κ3) is 2.42. The molecule has 0 atom stereocenters. The summed E-state index contributed by atoms with van der Waals surface area (Å²) in [5, 5.41) is 2.17. The minimum absolute atomic E-state index is 0.0692. The minimum Gasteiger partial charge on any atom is -0.485 e. The van der Waals surface area contributed by atoms with Crippen LogP contribution in [-0.4, -0.2) is 15.5 Å². The van der Waals surface area contributed by atoms with Gasteiger partial charge in [-0.1, -0.05) is 48.5 Å². The number of imidazole rings is 1. The van der Waals surface area contributed by atoms with Crippen LogP contribution in [0.2, 0.25) is 0 Å². The Morgan fingerprint density at radius 3 is 2.62 bits per heavy atom. The van der Waals surface area contributed by atoms with Crippen molar-refractivity contribution in [3.8, 4) is 5.75 Å². The van der Waals surface area contributed by atoms with E-state index in [4.69, 9.17) is 4.74 Å². The molecule has 3 aromatic carbocycles. The molecule has 0 fully saturated rings. The molecule has 24 heavy (non-hydrogen) atoms. The smallest absolute Gasteiger partial charge is 0.229 e. The second kappa shape index (κ2) is 5.81. The molecule has 1 aromatic heterocycles. The largest absolute Gasteiger partial charge is 0.485 e. The Morgan fingerprint density at radius 2 is 1.75 bits per heavy atom. The summed E-state index contributed by atoms with van der Waals surface area (Å²) >= 11 is 0. The molecule has 4 rings (SSSR count). The van der Waals surface area contributed by atoms with Crippen molar-refractivity contribution in [3.63, 3.8) is 0 Å². The summed E-state index contributed by atoms with van der Waals surface area (Å²) in [6.45, 7) is 1.78. The topological polar surface area (TPSA) is 44.1 Å². The second-order valence-corrected chi connectivity index (χ2v) is 5.64. The van der Waals surface area contributed by atoms with Crippen molar-refractivity contribution in [2.24, 2.45) is 0 Å². The molecule has 0 aliphatic carbocycles. The van der Waals surface area contributed by atoms with Crippen LogP contribution in [0.5, 0.6) is 5.75 Å². The van der Waals surface area contributed by atoms with Gasteiger partial charge in [-0.15, -0.1) is 0 Å². The number of ether oxygens (including phenoxy) is 1. The zero-order valence-corrected chi connectivity index (χ0v) is 13.3. The molecule has 0 saturated heterocycles. The van der Waals surface area contributed by atoms with Gasteiger partial charge in [-0.2, -0.15) is 0 Å². The number of carbonyl (C=O) groups is 1. The van der Waals surface area contributed by atoms with Gasteiger partial charge in [-0.25, -0.2) is 4.98 Å². The van der Waals surface area contributed by atoms with Gasteiger partial charge in [0.15, 0.2) is 5.82 Å². The fourth-order valence-electron chi connectivity index (χ4n) is 2.99. The van der Waals surface area contributed by atoms with Crippen molar-refractivity contribution >= 4 is 27.7 Å².